The highest BCUT2D eigenvalue weighted by Crippen LogP contribution is 2.31. The number of amides is 1. The molecule has 166 valence electrons. The van der Waals surface area contributed by atoms with E-state index < -0.39 is 5.91 Å². The number of nitrogens with zero attached hydrogens (tertiary/aromatic N) is 2. The number of hydrogen-bond donors (Lipinski definition) is 5. The second-order valence-corrected chi connectivity index (χ2v) is 9.56. The van der Waals surface area contributed by atoms with Gasteiger partial charge in [-0.3, -0.25) is 19.7 Å². The number of rotatable bonds is 8. The molecule has 2 aromatic rings. The molecule has 2 aromatic heterocycles. The summed E-state index contributed by atoms with van der Waals surface area (Å²) in [7, 11) is 0. The molecule has 1 unspecified atom stereocenters. The molecule has 1 atom stereocenters. The number of carbonyl (C=O) groups excluding carboxylic acids is 1. The lowest BCUT2D eigenvalue weighted by Gasteiger charge is -2.42. The Morgan fingerprint density at radius 1 is 1.42 bits per heavy atom. The van der Waals surface area contributed by atoms with Crippen molar-refractivity contribution < 1.29 is 10.0 Å². The summed E-state index contributed by atoms with van der Waals surface area (Å²) in [5, 5.41) is 19.7. The molecule has 0 spiro atoms. The third kappa shape index (κ3) is 4.70. The second-order valence-electron chi connectivity index (χ2n) is 8.39. The van der Waals surface area contributed by atoms with Crippen molar-refractivity contribution in [2.75, 3.05) is 18.4 Å². The highest BCUT2D eigenvalue weighted by Gasteiger charge is 2.33. The maximum absolute atomic E-state index is 12.5. The van der Waals surface area contributed by atoms with Crippen LogP contribution in [0.25, 0.3) is 0 Å². The van der Waals surface area contributed by atoms with Crippen molar-refractivity contribution in [3.8, 4) is 0 Å². The van der Waals surface area contributed by atoms with Crippen molar-refractivity contribution in [1.29, 1.82) is 5.41 Å². The molecule has 0 aromatic carbocycles. The summed E-state index contributed by atoms with van der Waals surface area (Å²) in [5.74, 6) is 1.12. The smallest absolute Gasteiger partial charge is 0.284 e. The molecule has 1 aliphatic carbocycles. The van der Waals surface area contributed by atoms with Gasteiger partial charge < -0.3 is 15.7 Å². The zero-order valence-corrected chi connectivity index (χ0v) is 18.3. The van der Waals surface area contributed by atoms with Crippen LogP contribution in [0.15, 0.2) is 16.9 Å². The van der Waals surface area contributed by atoms with Crippen LogP contribution in [0.1, 0.15) is 64.6 Å². The van der Waals surface area contributed by atoms with Crippen LogP contribution >= 0.6 is 11.3 Å². The summed E-state index contributed by atoms with van der Waals surface area (Å²) in [5.41, 5.74) is 1.67. The Labute approximate surface area is 184 Å². The third-order valence-corrected chi connectivity index (χ3v) is 7.33. The van der Waals surface area contributed by atoms with Crippen molar-refractivity contribution in [3.05, 3.63) is 43.6 Å². The van der Waals surface area contributed by atoms with Gasteiger partial charge in [0.05, 0.1) is 16.5 Å². The van der Waals surface area contributed by atoms with Crippen LogP contribution in [0.5, 0.6) is 0 Å². The predicted octanol–water partition coefficient (Wildman–Crippen LogP) is 2.54. The fourth-order valence-electron chi connectivity index (χ4n) is 4.38. The van der Waals surface area contributed by atoms with E-state index in [-0.39, 0.29) is 17.2 Å². The van der Waals surface area contributed by atoms with Gasteiger partial charge in [0, 0.05) is 30.2 Å². The molecule has 0 bridgehead atoms. The molecule has 1 aliphatic heterocycles. The molecule has 1 saturated carbocycles. The summed E-state index contributed by atoms with van der Waals surface area (Å²) in [6, 6.07) is 3.93. The first-order chi connectivity index (χ1) is 15.0. The zero-order chi connectivity index (χ0) is 22.0. The SMILES string of the molecule is CC(c1nc(NC2CCCC2)c(C=N)c(=O)[nH]1)N1CC(Cc2ccc(C(=O)NO)s2)C1. The van der Waals surface area contributed by atoms with Gasteiger partial charge in [-0.25, -0.2) is 10.5 Å². The molecule has 9 nitrogen and oxygen atoms in total. The van der Waals surface area contributed by atoms with Crippen LogP contribution in [0, 0.1) is 11.3 Å². The van der Waals surface area contributed by atoms with E-state index >= 15 is 0 Å². The number of thiophene rings is 1. The zero-order valence-electron chi connectivity index (χ0n) is 17.5. The molecule has 1 amide bonds. The standard InChI is InChI=1S/C21H28N6O3S/c1-12(27-10-13(11-27)8-15-6-7-17(31-15)21(29)26-30)18-24-19(16(9-22)20(28)25-18)23-14-4-2-3-5-14/h6-7,9,12-14,22,30H,2-5,8,10-11H2,1H3,(H,26,29)(H2,23,24,25,28). The Bertz CT molecular complexity index is 1010. The van der Waals surface area contributed by atoms with Gasteiger partial charge in [0.2, 0.25) is 0 Å². The van der Waals surface area contributed by atoms with Crippen LogP contribution < -0.4 is 16.4 Å². The number of aromatic amines is 1. The quantitative estimate of drug-likeness (QED) is 0.241. The first kappa shape index (κ1) is 21.7. The highest BCUT2D eigenvalue weighted by atomic mass is 32.1. The number of hydrogen-bond acceptors (Lipinski definition) is 8. The topological polar surface area (TPSA) is 134 Å². The Morgan fingerprint density at radius 2 is 2.16 bits per heavy atom. The van der Waals surface area contributed by atoms with Gasteiger partial charge in [-0.15, -0.1) is 11.3 Å². The maximum Gasteiger partial charge on any atom is 0.284 e. The van der Waals surface area contributed by atoms with E-state index in [2.05, 4.69) is 20.2 Å². The number of anilines is 1. The Hall–Kier alpha value is -2.56. The Kier molecular flexibility index (Phi) is 6.49. The van der Waals surface area contributed by atoms with Crippen LogP contribution in [0.4, 0.5) is 5.82 Å². The van der Waals surface area contributed by atoms with E-state index in [1.54, 1.807) is 11.5 Å². The lowest BCUT2D eigenvalue weighted by Crippen LogP contribution is -2.49. The fraction of sp³-hybridized carbons (Fsp3) is 0.524. The molecule has 1 saturated heterocycles. The number of likely N-dealkylation sites (tertiary alicyclic amines) is 1. The Balaban J connectivity index is 1.39. The largest absolute Gasteiger partial charge is 0.367 e. The highest BCUT2D eigenvalue weighted by molar-refractivity contribution is 7.14. The van der Waals surface area contributed by atoms with E-state index in [4.69, 9.17) is 10.6 Å². The molecule has 10 heteroatoms. The van der Waals surface area contributed by atoms with Crippen molar-refractivity contribution in [2.24, 2.45) is 5.92 Å². The van der Waals surface area contributed by atoms with Crippen LogP contribution in [-0.4, -0.2) is 51.3 Å². The second kappa shape index (κ2) is 9.29. The summed E-state index contributed by atoms with van der Waals surface area (Å²) < 4.78 is 0. The molecular weight excluding hydrogens is 416 g/mol. The first-order valence-corrected chi connectivity index (χ1v) is 11.5. The minimum atomic E-state index is -0.481. The minimum Gasteiger partial charge on any atom is -0.367 e. The summed E-state index contributed by atoms with van der Waals surface area (Å²) in [6.07, 6.45) is 6.43. The van der Waals surface area contributed by atoms with Gasteiger partial charge in [-0.1, -0.05) is 12.8 Å². The number of H-pyrrole nitrogens is 1. The predicted molar refractivity (Wildman–Crippen MR) is 119 cm³/mol. The average molecular weight is 445 g/mol. The molecule has 0 radical (unpaired) electrons. The molecule has 3 heterocycles. The number of hydroxylamine groups is 1. The monoisotopic (exact) mass is 444 g/mol. The summed E-state index contributed by atoms with van der Waals surface area (Å²) in [6.45, 7) is 3.79. The van der Waals surface area contributed by atoms with Crippen molar-refractivity contribution in [2.45, 2.75) is 51.1 Å². The fourth-order valence-corrected chi connectivity index (χ4v) is 5.39. The van der Waals surface area contributed by atoms with Crippen molar-refractivity contribution in [3.63, 3.8) is 0 Å². The van der Waals surface area contributed by atoms with Gasteiger partial charge >= 0.3 is 0 Å². The van der Waals surface area contributed by atoms with Gasteiger partial charge in [-0.2, -0.15) is 0 Å². The van der Waals surface area contributed by atoms with Crippen molar-refractivity contribution in [1.82, 2.24) is 20.3 Å². The summed E-state index contributed by atoms with van der Waals surface area (Å²) in [4.78, 5) is 35.4. The van der Waals surface area contributed by atoms with Crippen LogP contribution in [0.3, 0.4) is 0 Å². The van der Waals surface area contributed by atoms with E-state index in [1.165, 1.54) is 24.2 Å². The minimum absolute atomic E-state index is 0.0353. The molecule has 5 N–H and O–H groups in total. The molecule has 4 rings (SSSR count). The van der Waals surface area contributed by atoms with Gasteiger partial charge in [0.25, 0.3) is 11.5 Å². The van der Waals surface area contributed by atoms with Gasteiger partial charge in [-0.05, 0) is 44.2 Å². The van der Waals surface area contributed by atoms with E-state index in [1.807, 2.05) is 13.0 Å². The van der Waals surface area contributed by atoms with Crippen molar-refractivity contribution >= 4 is 29.3 Å². The molecule has 31 heavy (non-hydrogen) atoms. The lowest BCUT2D eigenvalue weighted by molar-refractivity contribution is 0.0566. The molecule has 2 fully saturated rings. The van der Waals surface area contributed by atoms with E-state index in [0.29, 0.717) is 28.5 Å². The van der Waals surface area contributed by atoms with E-state index in [9.17, 15) is 9.59 Å². The van der Waals surface area contributed by atoms with Crippen LogP contribution in [0.2, 0.25) is 0 Å². The number of carbonyl (C=O) groups is 1. The van der Waals surface area contributed by atoms with E-state index in [0.717, 1.165) is 43.4 Å². The molecule has 2 aliphatic rings. The third-order valence-electron chi connectivity index (χ3n) is 6.22. The Morgan fingerprint density at radius 3 is 2.84 bits per heavy atom. The maximum atomic E-state index is 12.5. The molecular formula is C21H28N6O3S. The lowest BCUT2D eigenvalue weighted by atomic mass is 9.93. The van der Waals surface area contributed by atoms with Gasteiger partial charge in [0.15, 0.2) is 0 Å². The van der Waals surface area contributed by atoms with Gasteiger partial charge in [0.1, 0.15) is 11.6 Å². The summed E-state index contributed by atoms with van der Waals surface area (Å²) >= 11 is 1.39. The number of nitrogens with one attached hydrogen (secondary N) is 4. The normalized spacial score (nSPS) is 18.5. The first-order valence-electron chi connectivity index (χ1n) is 10.7. The van der Waals surface area contributed by atoms with Crippen LogP contribution in [-0.2, 0) is 6.42 Å². The number of aromatic nitrogens is 2. The average Bonchev–Trinajstić information content (AvgIpc) is 3.41.